The van der Waals surface area contributed by atoms with Crippen molar-refractivity contribution < 1.29 is 9.84 Å². The van der Waals surface area contributed by atoms with Crippen LogP contribution in [0.4, 0.5) is 5.82 Å². The Morgan fingerprint density at radius 1 is 1.61 bits per heavy atom. The van der Waals surface area contributed by atoms with Crippen molar-refractivity contribution in [3.8, 4) is 0 Å². The number of methoxy groups -OCH3 is 1. The Labute approximate surface area is 109 Å². The molecule has 100 valence electrons. The van der Waals surface area contributed by atoms with Crippen LogP contribution in [0, 0.1) is 5.92 Å². The number of ether oxygens (including phenoxy) is 1. The summed E-state index contributed by atoms with van der Waals surface area (Å²) in [5.74, 6) is 1.55. The van der Waals surface area contributed by atoms with Crippen molar-refractivity contribution >= 4 is 5.82 Å². The van der Waals surface area contributed by atoms with E-state index in [4.69, 9.17) is 4.74 Å². The molecule has 1 aliphatic heterocycles. The fourth-order valence-corrected chi connectivity index (χ4v) is 2.51. The SMILES string of the molecule is COCC1CCCN(c2cc([C@H](C)O)ccn2)C1. The first-order valence-corrected chi connectivity index (χ1v) is 6.58. The standard InChI is InChI=1S/C14H22N2O2/c1-11(17)13-5-6-15-14(8-13)16-7-3-4-12(9-16)10-18-2/h5-6,8,11-12,17H,3-4,7,9-10H2,1-2H3/t11-,12?/m0/s1. The van der Waals surface area contributed by atoms with E-state index >= 15 is 0 Å². The molecular formula is C14H22N2O2. The van der Waals surface area contributed by atoms with Crippen LogP contribution in [0.15, 0.2) is 18.3 Å². The van der Waals surface area contributed by atoms with E-state index < -0.39 is 6.10 Å². The molecule has 0 aromatic carbocycles. The highest BCUT2D eigenvalue weighted by molar-refractivity contribution is 5.42. The molecule has 1 unspecified atom stereocenters. The number of aliphatic hydroxyl groups is 1. The average molecular weight is 250 g/mol. The lowest BCUT2D eigenvalue weighted by Crippen LogP contribution is -2.37. The Morgan fingerprint density at radius 3 is 3.17 bits per heavy atom. The molecule has 1 N–H and O–H groups in total. The van der Waals surface area contributed by atoms with Crippen LogP contribution in [-0.2, 0) is 4.74 Å². The summed E-state index contributed by atoms with van der Waals surface area (Å²) in [4.78, 5) is 6.70. The van der Waals surface area contributed by atoms with Gasteiger partial charge in [0.2, 0.25) is 0 Å². The van der Waals surface area contributed by atoms with Gasteiger partial charge in [-0.15, -0.1) is 0 Å². The minimum Gasteiger partial charge on any atom is -0.389 e. The summed E-state index contributed by atoms with van der Waals surface area (Å²) in [5, 5.41) is 9.62. The summed E-state index contributed by atoms with van der Waals surface area (Å²) < 4.78 is 5.24. The number of pyridine rings is 1. The maximum absolute atomic E-state index is 9.62. The van der Waals surface area contributed by atoms with Gasteiger partial charge in [0.25, 0.3) is 0 Å². The molecule has 0 aliphatic carbocycles. The minimum atomic E-state index is -0.439. The van der Waals surface area contributed by atoms with Crippen LogP contribution in [0.1, 0.15) is 31.4 Å². The van der Waals surface area contributed by atoms with Gasteiger partial charge in [0.1, 0.15) is 5.82 Å². The number of rotatable bonds is 4. The van der Waals surface area contributed by atoms with Gasteiger partial charge in [0, 0.05) is 26.4 Å². The number of aromatic nitrogens is 1. The van der Waals surface area contributed by atoms with Crippen molar-refractivity contribution in [2.45, 2.75) is 25.9 Å². The highest BCUT2D eigenvalue weighted by Crippen LogP contribution is 2.23. The first-order chi connectivity index (χ1) is 8.70. The third kappa shape index (κ3) is 3.21. The molecule has 2 rings (SSSR count). The minimum absolute atomic E-state index is 0.439. The molecule has 0 saturated carbocycles. The molecule has 0 radical (unpaired) electrons. The fourth-order valence-electron chi connectivity index (χ4n) is 2.51. The van der Waals surface area contributed by atoms with E-state index in [0.29, 0.717) is 5.92 Å². The van der Waals surface area contributed by atoms with Gasteiger partial charge in [0.05, 0.1) is 12.7 Å². The third-order valence-corrected chi connectivity index (χ3v) is 3.50. The van der Waals surface area contributed by atoms with E-state index in [1.165, 1.54) is 12.8 Å². The zero-order valence-electron chi connectivity index (χ0n) is 11.2. The van der Waals surface area contributed by atoms with Crippen molar-refractivity contribution in [3.63, 3.8) is 0 Å². The van der Waals surface area contributed by atoms with Crippen LogP contribution in [-0.4, -0.2) is 36.9 Å². The van der Waals surface area contributed by atoms with Crippen LogP contribution in [0.25, 0.3) is 0 Å². The van der Waals surface area contributed by atoms with Crippen LogP contribution in [0.3, 0.4) is 0 Å². The Hall–Kier alpha value is -1.13. The summed E-state index contributed by atoms with van der Waals surface area (Å²) in [6, 6.07) is 3.85. The molecule has 1 aromatic heterocycles. The Balaban J connectivity index is 2.08. The van der Waals surface area contributed by atoms with Gasteiger partial charge >= 0.3 is 0 Å². The van der Waals surface area contributed by atoms with Gasteiger partial charge < -0.3 is 14.7 Å². The number of hydrogen-bond donors (Lipinski definition) is 1. The zero-order chi connectivity index (χ0) is 13.0. The Kier molecular flexibility index (Phi) is 4.55. The van der Waals surface area contributed by atoms with E-state index in [1.807, 2.05) is 12.1 Å². The second kappa shape index (κ2) is 6.16. The van der Waals surface area contributed by atoms with Crippen LogP contribution >= 0.6 is 0 Å². The molecule has 2 atom stereocenters. The van der Waals surface area contributed by atoms with Crippen molar-refractivity contribution in [1.82, 2.24) is 4.98 Å². The highest BCUT2D eigenvalue weighted by atomic mass is 16.5. The number of aliphatic hydroxyl groups excluding tert-OH is 1. The summed E-state index contributed by atoms with van der Waals surface area (Å²) in [5.41, 5.74) is 0.925. The molecule has 0 bridgehead atoms. The van der Waals surface area contributed by atoms with Crippen LogP contribution < -0.4 is 4.90 Å². The van der Waals surface area contributed by atoms with Crippen molar-refractivity contribution in [1.29, 1.82) is 0 Å². The number of anilines is 1. The van der Waals surface area contributed by atoms with E-state index in [-0.39, 0.29) is 0 Å². The third-order valence-electron chi connectivity index (χ3n) is 3.50. The first kappa shape index (κ1) is 13.3. The lowest BCUT2D eigenvalue weighted by atomic mass is 9.99. The van der Waals surface area contributed by atoms with Crippen LogP contribution in [0.5, 0.6) is 0 Å². The van der Waals surface area contributed by atoms with E-state index in [9.17, 15) is 5.11 Å². The zero-order valence-corrected chi connectivity index (χ0v) is 11.2. The lowest BCUT2D eigenvalue weighted by molar-refractivity contribution is 0.143. The summed E-state index contributed by atoms with van der Waals surface area (Å²) in [6.45, 7) is 4.62. The second-order valence-electron chi connectivity index (χ2n) is 5.03. The topological polar surface area (TPSA) is 45.6 Å². The van der Waals surface area contributed by atoms with E-state index in [0.717, 1.165) is 31.1 Å². The predicted molar refractivity (Wildman–Crippen MR) is 71.7 cm³/mol. The van der Waals surface area contributed by atoms with Gasteiger partial charge in [-0.2, -0.15) is 0 Å². The molecule has 2 heterocycles. The number of piperidine rings is 1. The monoisotopic (exact) mass is 250 g/mol. The molecule has 0 spiro atoms. The molecule has 1 aliphatic rings. The summed E-state index contributed by atoms with van der Waals surface area (Å²) in [6.07, 6.45) is 3.73. The van der Waals surface area contributed by atoms with Gasteiger partial charge in [-0.25, -0.2) is 4.98 Å². The molecule has 1 aromatic rings. The quantitative estimate of drug-likeness (QED) is 0.887. The molecular weight excluding hydrogens is 228 g/mol. The van der Waals surface area contributed by atoms with Crippen LogP contribution in [0.2, 0.25) is 0 Å². The van der Waals surface area contributed by atoms with E-state index in [1.54, 1.807) is 20.2 Å². The summed E-state index contributed by atoms with van der Waals surface area (Å²) in [7, 11) is 1.76. The highest BCUT2D eigenvalue weighted by Gasteiger charge is 2.21. The van der Waals surface area contributed by atoms with Gasteiger partial charge in [0.15, 0.2) is 0 Å². The maximum Gasteiger partial charge on any atom is 0.128 e. The number of nitrogens with zero attached hydrogens (tertiary/aromatic N) is 2. The molecule has 4 nitrogen and oxygen atoms in total. The van der Waals surface area contributed by atoms with Crippen molar-refractivity contribution in [2.24, 2.45) is 5.92 Å². The molecule has 4 heteroatoms. The Morgan fingerprint density at radius 2 is 2.44 bits per heavy atom. The normalized spacial score (nSPS) is 21.9. The van der Waals surface area contributed by atoms with Gasteiger partial charge in [-0.05, 0) is 43.4 Å². The fraction of sp³-hybridized carbons (Fsp3) is 0.643. The largest absolute Gasteiger partial charge is 0.389 e. The van der Waals surface area contributed by atoms with Gasteiger partial charge in [-0.1, -0.05) is 0 Å². The molecule has 0 amide bonds. The number of hydrogen-bond acceptors (Lipinski definition) is 4. The smallest absolute Gasteiger partial charge is 0.128 e. The van der Waals surface area contributed by atoms with Crippen molar-refractivity contribution in [2.75, 3.05) is 31.7 Å². The average Bonchev–Trinajstić information content (AvgIpc) is 2.39. The van der Waals surface area contributed by atoms with Gasteiger partial charge in [-0.3, -0.25) is 0 Å². The molecule has 1 fully saturated rings. The molecule has 1 saturated heterocycles. The van der Waals surface area contributed by atoms with Crippen molar-refractivity contribution in [3.05, 3.63) is 23.9 Å². The maximum atomic E-state index is 9.62. The second-order valence-corrected chi connectivity index (χ2v) is 5.03. The Bertz CT molecular complexity index is 380. The lowest BCUT2D eigenvalue weighted by Gasteiger charge is -2.33. The summed E-state index contributed by atoms with van der Waals surface area (Å²) >= 11 is 0. The first-order valence-electron chi connectivity index (χ1n) is 6.58. The predicted octanol–water partition coefficient (Wildman–Crippen LogP) is 2.00. The molecule has 18 heavy (non-hydrogen) atoms. The van der Waals surface area contributed by atoms with E-state index in [2.05, 4.69) is 9.88 Å².